The Morgan fingerprint density at radius 3 is 2.06 bits per heavy atom. The number of carbonyl (C=O) groups is 5. The highest BCUT2D eigenvalue weighted by atomic mass is 32.2. The van der Waals surface area contributed by atoms with Gasteiger partial charge in [0.15, 0.2) is 9.84 Å². The molecule has 0 bridgehead atoms. The fraction of sp³-hybridized carbons (Fsp3) is 0.865. The van der Waals surface area contributed by atoms with Gasteiger partial charge in [-0.1, -0.05) is 79.6 Å². The molecular weight excluding hydrogens is 659 g/mol. The maximum Gasteiger partial charge on any atom is 0.315 e. The number of piperidine rings is 1. The molecule has 0 aromatic heterocycles. The number of fused-ring (bicyclic) bond motifs is 1. The average molecular weight is 720 g/mol. The SMILES string of the molecule is CCCNC(=O)C(=O)[C@H](CCC)NC(=O)[C@@H]1[C@@H]2[C@H](CN1C(=O)[C@@H](NC(=O)NC1([C@@H]3CCCS3(=O)=O)CCCCC1)C1(C)CCCCC1)C2(C)C. The highest BCUT2D eigenvalue weighted by Crippen LogP contribution is 2.65. The van der Waals surface area contributed by atoms with Crippen molar-refractivity contribution < 1.29 is 32.4 Å². The Hall–Kier alpha value is -2.70. The lowest BCUT2D eigenvalue weighted by Gasteiger charge is -2.45. The lowest BCUT2D eigenvalue weighted by molar-refractivity contribution is -0.146. The van der Waals surface area contributed by atoms with E-state index in [1.165, 1.54) is 0 Å². The molecule has 2 aliphatic heterocycles. The molecule has 4 N–H and O–H groups in total. The standard InChI is InChI=1S/C37H61N5O7S/c1-6-15-25(29(43)32(45)38-21-7-2)39-31(44)28-27-24(35(27,3)4)23-42(28)33(46)30(36(5)17-10-8-11-18-36)40-34(47)41-37(19-12-9-13-20-37)26-16-14-22-50(26,48)49/h24-28,30H,6-23H2,1-5H3,(H,38,45)(H,39,44)(H2,40,41,47)/t24-,25-,26-,27-,28-,30+/m0/s1. The average Bonchev–Trinajstić information content (AvgIpc) is 3.38. The Labute approximate surface area is 298 Å². The molecule has 3 aliphatic carbocycles. The zero-order chi connectivity index (χ0) is 36.5. The molecule has 5 aliphatic rings. The molecule has 0 unspecified atom stereocenters. The van der Waals surface area contributed by atoms with Crippen LogP contribution in [0.4, 0.5) is 4.79 Å². The minimum Gasteiger partial charge on any atom is -0.349 e. The maximum absolute atomic E-state index is 14.9. The zero-order valence-electron chi connectivity index (χ0n) is 30.9. The highest BCUT2D eigenvalue weighted by Gasteiger charge is 2.70. The number of likely N-dealkylation sites (tertiary alicyclic amines) is 1. The number of ketones is 1. The third-order valence-corrected chi connectivity index (χ3v) is 15.4. The summed E-state index contributed by atoms with van der Waals surface area (Å²) in [5, 5.41) is 11.1. The number of nitrogens with zero attached hydrogens (tertiary/aromatic N) is 1. The van der Waals surface area contributed by atoms with E-state index in [9.17, 15) is 32.4 Å². The summed E-state index contributed by atoms with van der Waals surface area (Å²) in [7, 11) is -3.35. The molecule has 3 saturated carbocycles. The molecule has 2 heterocycles. The lowest BCUT2D eigenvalue weighted by Crippen LogP contribution is -2.66. The van der Waals surface area contributed by atoms with Gasteiger partial charge in [-0.05, 0) is 74.0 Å². The van der Waals surface area contributed by atoms with Crippen molar-refractivity contribution in [3.8, 4) is 0 Å². The first-order valence-electron chi connectivity index (χ1n) is 19.3. The van der Waals surface area contributed by atoms with E-state index in [1.807, 2.05) is 20.8 Å². The van der Waals surface area contributed by atoms with E-state index >= 15 is 0 Å². The van der Waals surface area contributed by atoms with Gasteiger partial charge in [0.05, 0.1) is 22.6 Å². The second kappa shape index (κ2) is 15.1. The maximum atomic E-state index is 14.9. The summed E-state index contributed by atoms with van der Waals surface area (Å²) in [4.78, 5) is 70.5. The lowest BCUT2D eigenvalue weighted by atomic mass is 9.70. The summed E-state index contributed by atoms with van der Waals surface area (Å²) in [6.45, 7) is 10.7. The summed E-state index contributed by atoms with van der Waals surface area (Å²) in [5.41, 5.74) is -1.62. The van der Waals surface area contributed by atoms with Gasteiger partial charge in [0.2, 0.25) is 17.6 Å². The van der Waals surface area contributed by atoms with Crippen molar-refractivity contribution in [3.05, 3.63) is 0 Å². The molecule has 13 heteroatoms. The van der Waals surface area contributed by atoms with Gasteiger partial charge in [0, 0.05) is 13.1 Å². The van der Waals surface area contributed by atoms with E-state index in [0.717, 1.165) is 51.4 Å². The smallest absolute Gasteiger partial charge is 0.315 e. The van der Waals surface area contributed by atoms with Gasteiger partial charge in [-0.3, -0.25) is 19.2 Å². The molecule has 50 heavy (non-hydrogen) atoms. The van der Waals surface area contributed by atoms with Crippen LogP contribution in [0.25, 0.3) is 0 Å². The van der Waals surface area contributed by atoms with E-state index in [0.29, 0.717) is 58.0 Å². The van der Waals surface area contributed by atoms with Gasteiger partial charge in [-0.2, -0.15) is 0 Å². The molecule has 0 aromatic carbocycles. The topological polar surface area (TPSA) is 171 Å². The molecule has 5 amide bonds. The number of sulfone groups is 1. The van der Waals surface area contributed by atoms with E-state index in [1.54, 1.807) is 4.90 Å². The van der Waals surface area contributed by atoms with Crippen molar-refractivity contribution >= 4 is 39.4 Å². The quantitative estimate of drug-likeness (QED) is 0.210. The van der Waals surface area contributed by atoms with E-state index in [-0.39, 0.29) is 28.9 Å². The van der Waals surface area contributed by atoms with Crippen LogP contribution in [0.3, 0.4) is 0 Å². The third kappa shape index (κ3) is 7.58. The van der Waals surface area contributed by atoms with Crippen LogP contribution < -0.4 is 21.3 Å². The predicted molar refractivity (Wildman–Crippen MR) is 191 cm³/mol. The Morgan fingerprint density at radius 2 is 1.48 bits per heavy atom. The Balaban J connectivity index is 1.40. The third-order valence-electron chi connectivity index (χ3n) is 13.0. The second-order valence-electron chi connectivity index (χ2n) is 16.8. The van der Waals surface area contributed by atoms with Crippen LogP contribution in [0.2, 0.25) is 0 Å². The van der Waals surface area contributed by atoms with Crippen LogP contribution in [0.5, 0.6) is 0 Å². The van der Waals surface area contributed by atoms with Crippen LogP contribution >= 0.6 is 0 Å². The first-order chi connectivity index (χ1) is 23.6. The number of hydrogen-bond donors (Lipinski definition) is 4. The minimum absolute atomic E-state index is 0.0853. The molecule has 282 valence electrons. The van der Waals surface area contributed by atoms with Crippen molar-refractivity contribution in [1.29, 1.82) is 0 Å². The molecule has 12 nitrogen and oxygen atoms in total. The fourth-order valence-corrected chi connectivity index (χ4v) is 12.3. The van der Waals surface area contributed by atoms with Gasteiger partial charge < -0.3 is 26.2 Å². The Bertz CT molecular complexity index is 1420. The molecule has 6 atom stereocenters. The number of urea groups is 1. The summed E-state index contributed by atoms with van der Waals surface area (Å²) in [5.74, 6) is -2.09. The van der Waals surface area contributed by atoms with Crippen LogP contribution in [0.1, 0.15) is 131 Å². The van der Waals surface area contributed by atoms with Crippen molar-refractivity contribution in [1.82, 2.24) is 26.2 Å². The highest BCUT2D eigenvalue weighted by molar-refractivity contribution is 7.92. The van der Waals surface area contributed by atoms with Gasteiger partial charge in [0.25, 0.3) is 5.91 Å². The number of nitrogens with one attached hydrogen (secondary N) is 4. The minimum atomic E-state index is -3.35. The first kappa shape index (κ1) is 38.5. The molecule has 2 saturated heterocycles. The normalized spacial score (nSPS) is 29.9. The molecule has 0 spiro atoms. The predicted octanol–water partition coefficient (Wildman–Crippen LogP) is 3.77. The van der Waals surface area contributed by atoms with Gasteiger partial charge >= 0.3 is 6.03 Å². The summed E-state index contributed by atoms with van der Waals surface area (Å²) in [6.07, 6.45) is 10.8. The molecule has 5 rings (SSSR count). The molecule has 0 radical (unpaired) electrons. The van der Waals surface area contributed by atoms with Gasteiger partial charge in [0.1, 0.15) is 12.1 Å². The number of carbonyl (C=O) groups excluding carboxylic acids is 5. The zero-order valence-corrected chi connectivity index (χ0v) is 31.7. The molecular formula is C37H61N5O7S. The largest absolute Gasteiger partial charge is 0.349 e. The number of Topliss-reactive ketones (excluding diaryl/α,β-unsaturated/α-hetero) is 1. The van der Waals surface area contributed by atoms with Crippen LogP contribution in [-0.4, -0.2) is 90.6 Å². The van der Waals surface area contributed by atoms with Gasteiger partial charge in [-0.15, -0.1) is 0 Å². The van der Waals surface area contributed by atoms with Crippen LogP contribution in [0.15, 0.2) is 0 Å². The van der Waals surface area contributed by atoms with Crippen molar-refractivity contribution in [2.75, 3.05) is 18.8 Å². The summed E-state index contributed by atoms with van der Waals surface area (Å²) >= 11 is 0. The summed E-state index contributed by atoms with van der Waals surface area (Å²) in [6, 6.07) is -3.30. The van der Waals surface area contributed by atoms with Gasteiger partial charge in [-0.25, -0.2) is 13.2 Å². The number of hydrogen-bond acceptors (Lipinski definition) is 7. The molecule has 5 fully saturated rings. The monoisotopic (exact) mass is 719 g/mol. The van der Waals surface area contributed by atoms with E-state index in [4.69, 9.17) is 0 Å². The van der Waals surface area contributed by atoms with E-state index < -0.39 is 67.8 Å². The van der Waals surface area contributed by atoms with Crippen molar-refractivity contribution in [3.63, 3.8) is 0 Å². The Kier molecular flexibility index (Phi) is 11.6. The molecule has 0 aromatic rings. The van der Waals surface area contributed by atoms with Crippen LogP contribution in [0, 0.1) is 22.7 Å². The van der Waals surface area contributed by atoms with Crippen molar-refractivity contribution in [2.24, 2.45) is 22.7 Å². The fourth-order valence-electron chi connectivity index (χ4n) is 9.97. The first-order valence-corrected chi connectivity index (χ1v) is 21.1. The number of rotatable bonds is 13. The second-order valence-corrected chi connectivity index (χ2v) is 19.1. The van der Waals surface area contributed by atoms with Crippen molar-refractivity contribution in [2.45, 2.75) is 160 Å². The Morgan fingerprint density at radius 1 is 0.840 bits per heavy atom. The number of amides is 5. The van der Waals surface area contributed by atoms with E-state index in [2.05, 4.69) is 35.1 Å². The van der Waals surface area contributed by atoms with Crippen LogP contribution in [-0.2, 0) is 29.0 Å². The summed E-state index contributed by atoms with van der Waals surface area (Å²) < 4.78 is 26.3.